The number of nitro groups is 1. The molecule has 0 radical (unpaired) electrons. The van der Waals surface area contributed by atoms with Gasteiger partial charge < -0.3 is 10.1 Å². The number of imide groups is 1. The summed E-state index contributed by atoms with van der Waals surface area (Å²) < 4.78 is 5.15. The number of ether oxygens (including phenoxy) is 1. The predicted molar refractivity (Wildman–Crippen MR) is 130 cm³/mol. The lowest BCUT2D eigenvalue weighted by Crippen LogP contribution is -2.32. The normalized spacial score (nSPS) is 13.3. The monoisotopic (exact) mass is 511 g/mol. The molecule has 0 spiro atoms. The first kappa shape index (κ1) is 23.9. The maximum Gasteiger partial charge on any atom is 0.343 e. The van der Waals surface area contributed by atoms with Gasteiger partial charge in [0.15, 0.2) is 0 Å². The molecule has 1 heterocycles. The van der Waals surface area contributed by atoms with E-state index in [2.05, 4.69) is 5.32 Å². The molecule has 11 heteroatoms. The third-order valence-electron chi connectivity index (χ3n) is 5.08. The fraction of sp³-hybridized carbons (Fsp3) is 0.0417. The van der Waals surface area contributed by atoms with E-state index in [9.17, 15) is 24.5 Å². The number of hydrogen-bond acceptors (Lipinski definition) is 7. The van der Waals surface area contributed by atoms with Gasteiger partial charge in [-0.3, -0.25) is 19.7 Å². The fourth-order valence-electron chi connectivity index (χ4n) is 3.39. The van der Waals surface area contributed by atoms with Crippen molar-refractivity contribution in [2.75, 3.05) is 10.2 Å². The van der Waals surface area contributed by atoms with Crippen LogP contribution in [0, 0.1) is 17.0 Å². The van der Waals surface area contributed by atoms with Gasteiger partial charge in [-0.25, -0.2) is 9.69 Å². The molecule has 0 bridgehead atoms. The highest BCUT2D eigenvalue weighted by molar-refractivity contribution is 6.53. The van der Waals surface area contributed by atoms with Crippen molar-refractivity contribution in [2.45, 2.75) is 6.92 Å². The van der Waals surface area contributed by atoms with Gasteiger partial charge in [-0.05, 0) is 61.0 Å². The van der Waals surface area contributed by atoms with E-state index < -0.39 is 22.7 Å². The highest BCUT2D eigenvalue weighted by Crippen LogP contribution is 2.33. The number of nitro benzene ring substituents is 1. The SMILES string of the molecule is Cc1cc(Cl)ccc1N1C(=O)C(Cl)=C(Nc2ccc(C(=O)Oc3ccccc3[N+](=O)[O-])cc2)C1=O. The van der Waals surface area contributed by atoms with Gasteiger partial charge in [0.05, 0.1) is 16.2 Å². The molecule has 3 aromatic rings. The van der Waals surface area contributed by atoms with Crippen molar-refractivity contribution in [2.24, 2.45) is 0 Å². The summed E-state index contributed by atoms with van der Waals surface area (Å²) in [5, 5.41) is 14.1. The number of anilines is 2. The topological polar surface area (TPSA) is 119 Å². The smallest absolute Gasteiger partial charge is 0.343 e. The van der Waals surface area contributed by atoms with Crippen molar-refractivity contribution < 1.29 is 24.0 Å². The van der Waals surface area contributed by atoms with Crippen LogP contribution in [-0.4, -0.2) is 22.7 Å². The molecule has 9 nitrogen and oxygen atoms in total. The van der Waals surface area contributed by atoms with Gasteiger partial charge in [-0.2, -0.15) is 0 Å². The Morgan fingerprint density at radius 3 is 2.34 bits per heavy atom. The lowest BCUT2D eigenvalue weighted by atomic mass is 10.2. The average molecular weight is 512 g/mol. The maximum absolute atomic E-state index is 13.0. The Kier molecular flexibility index (Phi) is 6.54. The van der Waals surface area contributed by atoms with E-state index in [0.717, 1.165) is 4.90 Å². The molecule has 0 saturated heterocycles. The van der Waals surface area contributed by atoms with Gasteiger partial charge in [0.2, 0.25) is 5.75 Å². The van der Waals surface area contributed by atoms with Crippen LogP contribution in [0.5, 0.6) is 5.75 Å². The summed E-state index contributed by atoms with van der Waals surface area (Å²) >= 11 is 12.1. The first-order valence-corrected chi connectivity index (χ1v) is 10.8. The second-order valence-electron chi connectivity index (χ2n) is 7.38. The van der Waals surface area contributed by atoms with Crippen LogP contribution in [0.2, 0.25) is 5.02 Å². The van der Waals surface area contributed by atoms with Crippen molar-refractivity contribution >= 4 is 58.0 Å². The molecule has 0 atom stereocenters. The number of hydrogen-bond donors (Lipinski definition) is 1. The number of nitrogens with one attached hydrogen (secondary N) is 1. The summed E-state index contributed by atoms with van der Waals surface area (Å²) in [5.74, 6) is -2.33. The second kappa shape index (κ2) is 9.57. The van der Waals surface area contributed by atoms with Crippen LogP contribution >= 0.6 is 23.2 Å². The number of amides is 2. The molecule has 0 unspecified atom stereocenters. The zero-order valence-corrected chi connectivity index (χ0v) is 19.5. The molecule has 0 saturated carbocycles. The molecule has 1 N–H and O–H groups in total. The third-order valence-corrected chi connectivity index (χ3v) is 5.67. The number of esters is 1. The Hall–Kier alpha value is -4.21. The van der Waals surface area contributed by atoms with E-state index in [1.165, 1.54) is 48.5 Å². The zero-order chi connectivity index (χ0) is 25.3. The van der Waals surface area contributed by atoms with Crippen LogP contribution in [0.1, 0.15) is 15.9 Å². The maximum atomic E-state index is 13.0. The molecule has 0 fully saturated rings. The third kappa shape index (κ3) is 4.72. The van der Waals surface area contributed by atoms with Crippen molar-refractivity contribution in [3.63, 3.8) is 0 Å². The molecule has 2 amide bonds. The fourth-order valence-corrected chi connectivity index (χ4v) is 3.83. The van der Waals surface area contributed by atoms with E-state index in [4.69, 9.17) is 27.9 Å². The lowest BCUT2D eigenvalue weighted by molar-refractivity contribution is -0.385. The van der Waals surface area contributed by atoms with E-state index in [0.29, 0.717) is 22.0 Å². The number of carbonyl (C=O) groups is 3. The molecule has 1 aliphatic rings. The molecule has 0 aromatic heterocycles. The number of benzene rings is 3. The Balaban J connectivity index is 1.50. The van der Waals surface area contributed by atoms with Gasteiger partial charge in [0.1, 0.15) is 10.7 Å². The highest BCUT2D eigenvalue weighted by atomic mass is 35.5. The van der Waals surface area contributed by atoms with Gasteiger partial charge in [-0.15, -0.1) is 0 Å². The molecule has 1 aliphatic heterocycles. The van der Waals surface area contributed by atoms with Gasteiger partial charge >= 0.3 is 11.7 Å². The summed E-state index contributed by atoms with van der Waals surface area (Å²) in [6.45, 7) is 1.71. The van der Waals surface area contributed by atoms with Gasteiger partial charge in [0.25, 0.3) is 11.8 Å². The van der Waals surface area contributed by atoms with Crippen LogP contribution in [0.3, 0.4) is 0 Å². The Morgan fingerprint density at radius 1 is 1.00 bits per heavy atom. The van der Waals surface area contributed by atoms with Crippen molar-refractivity contribution in [1.29, 1.82) is 0 Å². The average Bonchev–Trinajstić information content (AvgIpc) is 3.03. The predicted octanol–water partition coefficient (Wildman–Crippen LogP) is 5.21. The minimum Gasteiger partial charge on any atom is -0.416 e. The molecular weight excluding hydrogens is 497 g/mol. The summed E-state index contributed by atoms with van der Waals surface area (Å²) in [6, 6.07) is 16.0. The molecule has 0 aliphatic carbocycles. The lowest BCUT2D eigenvalue weighted by Gasteiger charge is -2.17. The minimum atomic E-state index is -0.806. The van der Waals surface area contributed by atoms with Gasteiger partial charge in [-0.1, -0.05) is 35.3 Å². The van der Waals surface area contributed by atoms with Gasteiger partial charge in [0, 0.05) is 16.8 Å². The van der Waals surface area contributed by atoms with E-state index in [1.807, 2.05) is 0 Å². The molecule has 176 valence electrons. The van der Waals surface area contributed by atoms with Crippen LogP contribution in [0.15, 0.2) is 77.5 Å². The van der Waals surface area contributed by atoms with Crippen molar-refractivity contribution in [3.8, 4) is 5.75 Å². The molecule has 35 heavy (non-hydrogen) atoms. The quantitative estimate of drug-likeness (QED) is 0.158. The van der Waals surface area contributed by atoms with Crippen LogP contribution in [0.25, 0.3) is 0 Å². The van der Waals surface area contributed by atoms with Crippen molar-refractivity contribution in [3.05, 3.63) is 104 Å². The molecular formula is C24H15Cl2N3O6. The van der Waals surface area contributed by atoms with Crippen LogP contribution in [-0.2, 0) is 9.59 Å². The first-order chi connectivity index (χ1) is 16.7. The molecule has 4 rings (SSSR count). The first-order valence-electron chi connectivity index (χ1n) is 10.0. The number of halogens is 2. The van der Waals surface area contributed by atoms with E-state index in [1.54, 1.807) is 25.1 Å². The summed E-state index contributed by atoms with van der Waals surface area (Å²) in [7, 11) is 0. The van der Waals surface area contributed by atoms with Crippen LogP contribution in [0.4, 0.5) is 17.1 Å². The Labute approximate surface area is 208 Å². The number of nitrogens with zero attached hydrogens (tertiary/aromatic N) is 2. The number of para-hydroxylation sites is 2. The number of aryl methyl sites for hydroxylation is 1. The summed E-state index contributed by atoms with van der Waals surface area (Å²) in [5.41, 5.74) is 0.989. The van der Waals surface area contributed by atoms with E-state index in [-0.39, 0.29) is 27.7 Å². The Bertz CT molecular complexity index is 1420. The highest BCUT2D eigenvalue weighted by Gasteiger charge is 2.39. The second-order valence-corrected chi connectivity index (χ2v) is 8.20. The zero-order valence-electron chi connectivity index (χ0n) is 18.0. The number of rotatable bonds is 6. The summed E-state index contributed by atoms with van der Waals surface area (Å²) in [4.78, 5) is 49.5. The largest absolute Gasteiger partial charge is 0.416 e. The van der Waals surface area contributed by atoms with Crippen molar-refractivity contribution in [1.82, 2.24) is 0 Å². The molecule has 3 aromatic carbocycles. The van der Waals surface area contributed by atoms with E-state index >= 15 is 0 Å². The minimum absolute atomic E-state index is 0.112. The van der Waals surface area contributed by atoms with Crippen LogP contribution < -0.4 is 15.0 Å². The standard InChI is InChI=1S/C24H15Cl2N3O6/c1-13-12-15(25)8-11-17(13)28-22(30)20(26)21(23(28)31)27-16-9-6-14(7-10-16)24(32)35-19-5-3-2-4-18(19)29(33)34/h2-12,27H,1H3. The summed E-state index contributed by atoms with van der Waals surface area (Å²) in [6.07, 6.45) is 0. The number of carbonyl (C=O) groups excluding carboxylic acids is 3. The Morgan fingerprint density at radius 2 is 1.69 bits per heavy atom.